The van der Waals surface area contributed by atoms with Crippen molar-refractivity contribution in [3.05, 3.63) is 35.4 Å². The minimum absolute atomic E-state index is 0.0208. The minimum atomic E-state index is -0.564. The van der Waals surface area contributed by atoms with Crippen LogP contribution >= 0.6 is 0 Å². The lowest BCUT2D eigenvalue weighted by Crippen LogP contribution is -2.45. The Hall–Kier alpha value is -1.69. The van der Waals surface area contributed by atoms with Crippen molar-refractivity contribution in [3.8, 4) is 0 Å². The van der Waals surface area contributed by atoms with E-state index in [4.69, 9.17) is 10.5 Å². The zero-order valence-corrected chi connectivity index (χ0v) is 14.5. The smallest absolute Gasteiger partial charge is 0.410 e. The molecule has 6 heteroatoms. The lowest BCUT2D eigenvalue weighted by molar-refractivity contribution is 0.0152. The predicted molar refractivity (Wildman–Crippen MR) is 88.7 cm³/mol. The highest BCUT2D eigenvalue weighted by Crippen LogP contribution is 2.33. The average Bonchev–Trinajstić information content (AvgIpc) is 2.50. The second-order valence-electron chi connectivity index (χ2n) is 7.34. The van der Waals surface area contributed by atoms with Crippen LogP contribution in [0.15, 0.2) is 18.2 Å². The molecule has 1 aliphatic rings. The third kappa shape index (κ3) is 4.66. The molecule has 2 N–H and O–H groups in total. The molecule has 0 radical (unpaired) electrons. The first-order chi connectivity index (χ1) is 11.2. The van der Waals surface area contributed by atoms with Crippen LogP contribution in [0.2, 0.25) is 0 Å². The Morgan fingerprint density at radius 3 is 2.75 bits per heavy atom. The zero-order valence-electron chi connectivity index (χ0n) is 14.5. The Balaban J connectivity index is 2.14. The molecule has 1 fully saturated rings. The van der Waals surface area contributed by atoms with Gasteiger partial charge in [-0.25, -0.2) is 13.6 Å². The van der Waals surface area contributed by atoms with Gasteiger partial charge in [0.1, 0.15) is 17.2 Å². The number of hydrogen-bond acceptors (Lipinski definition) is 3. The van der Waals surface area contributed by atoms with Crippen molar-refractivity contribution < 1.29 is 18.3 Å². The van der Waals surface area contributed by atoms with Crippen LogP contribution in [-0.4, -0.2) is 36.2 Å². The normalized spacial score (nSPS) is 19.9. The summed E-state index contributed by atoms with van der Waals surface area (Å²) < 4.78 is 33.0. The SMILES string of the molecule is CC(C)(C)OC(=O)N1CCCC(C(CN)c2cc(F)ccc2F)C1. The molecule has 1 aromatic carbocycles. The summed E-state index contributed by atoms with van der Waals surface area (Å²) in [5, 5.41) is 0. The first kappa shape index (κ1) is 18.6. The highest BCUT2D eigenvalue weighted by molar-refractivity contribution is 5.68. The highest BCUT2D eigenvalue weighted by Gasteiger charge is 2.33. The molecule has 1 aromatic rings. The van der Waals surface area contributed by atoms with Crippen molar-refractivity contribution in [3.63, 3.8) is 0 Å². The Labute approximate surface area is 142 Å². The molecular formula is C18H26F2N2O2. The van der Waals surface area contributed by atoms with Crippen molar-refractivity contribution in [2.45, 2.75) is 45.1 Å². The molecule has 4 nitrogen and oxygen atoms in total. The summed E-state index contributed by atoms with van der Waals surface area (Å²) in [6, 6.07) is 3.43. The topological polar surface area (TPSA) is 55.6 Å². The number of benzene rings is 1. The van der Waals surface area contributed by atoms with Crippen LogP contribution in [0.3, 0.4) is 0 Å². The monoisotopic (exact) mass is 340 g/mol. The Morgan fingerprint density at radius 2 is 2.12 bits per heavy atom. The summed E-state index contributed by atoms with van der Waals surface area (Å²) >= 11 is 0. The van der Waals surface area contributed by atoms with Crippen LogP contribution in [-0.2, 0) is 4.74 Å². The van der Waals surface area contributed by atoms with Gasteiger partial charge in [-0.15, -0.1) is 0 Å². The number of rotatable bonds is 3. The van der Waals surface area contributed by atoms with E-state index < -0.39 is 17.2 Å². The summed E-state index contributed by atoms with van der Waals surface area (Å²) in [7, 11) is 0. The summed E-state index contributed by atoms with van der Waals surface area (Å²) in [4.78, 5) is 13.9. The highest BCUT2D eigenvalue weighted by atomic mass is 19.1. The third-order valence-corrected chi connectivity index (χ3v) is 4.29. The maximum absolute atomic E-state index is 14.1. The zero-order chi connectivity index (χ0) is 17.9. The van der Waals surface area contributed by atoms with Gasteiger partial charge in [-0.05, 0) is 69.8 Å². The van der Waals surface area contributed by atoms with Gasteiger partial charge in [-0.1, -0.05) is 0 Å². The van der Waals surface area contributed by atoms with E-state index in [0.717, 1.165) is 25.0 Å². The Morgan fingerprint density at radius 1 is 1.42 bits per heavy atom. The summed E-state index contributed by atoms with van der Waals surface area (Å²) in [5.41, 5.74) is 5.58. The van der Waals surface area contributed by atoms with Crippen LogP contribution in [0.5, 0.6) is 0 Å². The second kappa shape index (κ2) is 7.47. The number of halogens is 2. The molecule has 0 aliphatic carbocycles. The van der Waals surface area contributed by atoms with Crippen molar-refractivity contribution in [1.82, 2.24) is 4.90 Å². The maximum atomic E-state index is 14.1. The van der Waals surface area contributed by atoms with Crippen LogP contribution in [0, 0.1) is 17.6 Å². The number of carbonyl (C=O) groups is 1. The van der Waals surface area contributed by atoms with Crippen LogP contribution < -0.4 is 5.73 Å². The number of nitrogens with zero attached hydrogens (tertiary/aromatic N) is 1. The summed E-state index contributed by atoms with van der Waals surface area (Å²) in [6.07, 6.45) is 1.23. The summed E-state index contributed by atoms with van der Waals surface area (Å²) in [6.45, 7) is 6.69. The van der Waals surface area contributed by atoms with Crippen LogP contribution in [0.4, 0.5) is 13.6 Å². The van der Waals surface area contributed by atoms with Gasteiger partial charge in [-0.2, -0.15) is 0 Å². The van der Waals surface area contributed by atoms with E-state index in [-0.39, 0.29) is 30.0 Å². The molecule has 2 unspecified atom stereocenters. The van der Waals surface area contributed by atoms with E-state index in [1.54, 1.807) is 4.90 Å². The van der Waals surface area contributed by atoms with Gasteiger partial charge in [0, 0.05) is 19.0 Å². The van der Waals surface area contributed by atoms with Crippen LogP contribution in [0.25, 0.3) is 0 Å². The number of amides is 1. The molecule has 0 bridgehead atoms. The first-order valence-corrected chi connectivity index (χ1v) is 8.34. The van der Waals surface area contributed by atoms with Crippen molar-refractivity contribution >= 4 is 6.09 Å². The lowest BCUT2D eigenvalue weighted by atomic mass is 9.81. The molecule has 1 heterocycles. The molecule has 134 valence electrons. The van der Waals surface area contributed by atoms with E-state index in [2.05, 4.69) is 0 Å². The van der Waals surface area contributed by atoms with Gasteiger partial charge in [0.25, 0.3) is 0 Å². The largest absolute Gasteiger partial charge is 0.444 e. The van der Waals surface area contributed by atoms with Crippen molar-refractivity contribution in [1.29, 1.82) is 0 Å². The second-order valence-corrected chi connectivity index (χ2v) is 7.34. The fraction of sp³-hybridized carbons (Fsp3) is 0.611. The van der Waals surface area contributed by atoms with E-state index >= 15 is 0 Å². The molecule has 2 rings (SSSR count). The van der Waals surface area contributed by atoms with E-state index in [0.29, 0.717) is 13.1 Å². The number of ether oxygens (including phenoxy) is 1. The number of likely N-dealkylation sites (tertiary alicyclic amines) is 1. The molecule has 0 spiro atoms. The molecule has 0 aromatic heterocycles. The maximum Gasteiger partial charge on any atom is 0.410 e. The molecule has 24 heavy (non-hydrogen) atoms. The molecule has 1 aliphatic heterocycles. The van der Waals surface area contributed by atoms with Crippen molar-refractivity contribution in [2.75, 3.05) is 19.6 Å². The van der Waals surface area contributed by atoms with Gasteiger partial charge < -0.3 is 15.4 Å². The van der Waals surface area contributed by atoms with Crippen LogP contribution in [0.1, 0.15) is 45.1 Å². The minimum Gasteiger partial charge on any atom is -0.444 e. The molecule has 1 saturated heterocycles. The van der Waals surface area contributed by atoms with Gasteiger partial charge in [0.15, 0.2) is 0 Å². The molecule has 1 amide bonds. The average molecular weight is 340 g/mol. The van der Waals surface area contributed by atoms with Crippen molar-refractivity contribution in [2.24, 2.45) is 11.7 Å². The number of piperidine rings is 1. The first-order valence-electron chi connectivity index (χ1n) is 8.34. The molecule has 2 atom stereocenters. The summed E-state index contributed by atoms with van der Waals surface area (Å²) in [5.74, 6) is -1.29. The Bertz CT molecular complexity index is 587. The Kier molecular flexibility index (Phi) is 5.80. The van der Waals surface area contributed by atoms with E-state index in [1.807, 2.05) is 20.8 Å². The van der Waals surface area contributed by atoms with Gasteiger partial charge in [0.05, 0.1) is 0 Å². The number of hydrogen-bond donors (Lipinski definition) is 1. The number of carbonyl (C=O) groups excluding carboxylic acids is 1. The van der Waals surface area contributed by atoms with Gasteiger partial charge in [-0.3, -0.25) is 0 Å². The lowest BCUT2D eigenvalue weighted by Gasteiger charge is -2.37. The molecule has 0 saturated carbocycles. The predicted octanol–water partition coefficient (Wildman–Crippen LogP) is 3.65. The standard InChI is InChI=1S/C18H26F2N2O2/c1-18(2,3)24-17(23)22-8-4-5-12(11-22)15(10-21)14-9-13(19)6-7-16(14)20/h6-7,9,12,15H,4-5,8,10-11,21H2,1-3H3. The molecular weight excluding hydrogens is 314 g/mol. The van der Waals surface area contributed by atoms with Gasteiger partial charge in [0.2, 0.25) is 0 Å². The fourth-order valence-electron chi connectivity index (χ4n) is 3.20. The number of nitrogens with two attached hydrogens (primary N) is 1. The van der Waals surface area contributed by atoms with E-state index in [9.17, 15) is 13.6 Å². The van der Waals surface area contributed by atoms with Gasteiger partial charge >= 0.3 is 6.09 Å². The fourth-order valence-corrected chi connectivity index (χ4v) is 3.20. The van der Waals surface area contributed by atoms with E-state index in [1.165, 1.54) is 6.07 Å². The quantitative estimate of drug-likeness (QED) is 0.914. The third-order valence-electron chi connectivity index (χ3n) is 4.29.